The number of fused-ring (bicyclic) bond motifs is 2. The fourth-order valence-electron chi connectivity index (χ4n) is 3.83. The van der Waals surface area contributed by atoms with Crippen LogP contribution in [0.1, 0.15) is 11.1 Å². The minimum Gasteiger partial charge on any atom is -0.351 e. The maximum atomic E-state index is 4.87. The number of rotatable bonds is 2. The van der Waals surface area contributed by atoms with Crippen LogP contribution in [0.15, 0.2) is 79.1 Å². The van der Waals surface area contributed by atoms with Gasteiger partial charge in [-0.3, -0.25) is 4.98 Å². The molecule has 0 amide bonds. The lowest BCUT2D eigenvalue weighted by Gasteiger charge is -2.30. The van der Waals surface area contributed by atoms with Crippen molar-refractivity contribution in [2.24, 2.45) is 0 Å². The van der Waals surface area contributed by atoms with Crippen LogP contribution in [0.2, 0.25) is 0 Å². The van der Waals surface area contributed by atoms with E-state index in [9.17, 15) is 0 Å². The van der Waals surface area contributed by atoms with E-state index in [4.69, 9.17) is 4.98 Å². The molecule has 2 aromatic heterocycles. The molecule has 4 aromatic rings. The summed E-state index contributed by atoms with van der Waals surface area (Å²) >= 11 is 0. The number of benzene rings is 2. The van der Waals surface area contributed by atoms with Crippen molar-refractivity contribution in [2.75, 3.05) is 11.4 Å². The Morgan fingerprint density at radius 2 is 1.50 bits per heavy atom. The van der Waals surface area contributed by atoms with Gasteiger partial charge in [-0.1, -0.05) is 54.6 Å². The summed E-state index contributed by atoms with van der Waals surface area (Å²) in [7, 11) is 0. The standard InChI is InChI=1S/C23H19N3/c1-2-8-18-16-26(14-12-17(18)7-1)23-20-10-4-3-9-19(20)21(15-25-23)22-11-5-6-13-24-22/h1-11,13,15H,12,14,16H2. The molecule has 3 heteroatoms. The number of hydrogen-bond acceptors (Lipinski definition) is 3. The summed E-state index contributed by atoms with van der Waals surface area (Å²) in [5.74, 6) is 1.06. The van der Waals surface area contributed by atoms with E-state index in [0.717, 1.165) is 36.6 Å². The molecule has 0 atom stereocenters. The van der Waals surface area contributed by atoms with E-state index in [1.807, 2.05) is 30.6 Å². The van der Waals surface area contributed by atoms with Crippen molar-refractivity contribution in [2.45, 2.75) is 13.0 Å². The smallest absolute Gasteiger partial charge is 0.136 e. The van der Waals surface area contributed by atoms with Crippen LogP contribution in [0.3, 0.4) is 0 Å². The molecule has 3 nitrogen and oxygen atoms in total. The highest BCUT2D eigenvalue weighted by Gasteiger charge is 2.20. The Labute approximate surface area is 153 Å². The minimum absolute atomic E-state index is 0.913. The molecule has 5 rings (SSSR count). The van der Waals surface area contributed by atoms with Gasteiger partial charge in [0.15, 0.2) is 0 Å². The van der Waals surface area contributed by atoms with E-state index >= 15 is 0 Å². The summed E-state index contributed by atoms with van der Waals surface area (Å²) in [6.07, 6.45) is 4.87. The summed E-state index contributed by atoms with van der Waals surface area (Å²) in [5.41, 5.74) is 4.91. The lowest BCUT2D eigenvalue weighted by Crippen LogP contribution is -2.31. The quantitative estimate of drug-likeness (QED) is 0.523. The van der Waals surface area contributed by atoms with Crippen LogP contribution >= 0.6 is 0 Å². The van der Waals surface area contributed by atoms with Gasteiger partial charge in [-0.05, 0) is 35.1 Å². The number of anilines is 1. The monoisotopic (exact) mass is 337 g/mol. The molecular weight excluding hydrogens is 318 g/mol. The van der Waals surface area contributed by atoms with Crippen LogP contribution in [0.4, 0.5) is 5.82 Å². The van der Waals surface area contributed by atoms with Crippen LogP contribution in [-0.4, -0.2) is 16.5 Å². The third kappa shape index (κ3) is 2.53. The Kier molecular flexibility index (Phi) is 3.64. The van der Waals surface area contributed by atoms with Crippen LogP contribution in [0.25, 0.3) is 22.0 Å². The number of nitrogens with zero attached hydrogens (tertiary/aromatic N) is 3. The molecular formula is C23H19N3. The van der Waals surface area contributed by atoms with E-state index in [1.54, 1.807) is 0 Å². The summed E-state index contributed by atoms with van der Waals surface area (Å²) in [4.78, 5) is 11.8. The lowest BCUT2D eigenvalue weighted by atomic mass is 9.98. The molecule has 0 radical (unpaired) electrons. The lowest BCUT2D eigenvalue weighted by molar-refractivity contribution is 0.724. The van der Waals surface area contributed by atoms with Gasteiger partial charge in [-0.25, -0.2) is 4.98 Å². The fourth-order valence-corrected chi connectivity index (χ4v) is 3.83. The van der Waals surface area contributed by atoms with Gasteiger partial charge in [-0.15, -0.1) is 0 Å². The summed E-state index contributed by atoms with van der Waals surface area (Å²) < 4.78 is 0. The van der Waals surface area contributed by atoms with E-state index in [0.29, 0.717) is 0 Å². The summed E-state index contributed by atoms with van der Waals surface area (Å²) in [6.45, 7) is 1.91. The molecule has 3 heterocycles. The third-order valence-electron chi connectivity index (χ3n) is 5.15. The zero-order valence-corrected chi connectivity index (χ0v) is 14.5. The number of hydrogen-bond donors (Lipinski definition) is 0. The third-order valence-corrected chi connectivity index (χ3v) is 5.15. The van der Waals surface area contributed by atoms with Crippen molar-refractivity contribution in [3.05, 3.63) is 90.3 Å². The van der Waals surface area contributed by atoms with Gasteiger partial charge in [0.1, 0.15) is 5.82 Å². The Hall–Kier alpha value is -3.20. The highest BCUT2D eigenvalue weighted by molar-refractivity contribution is 6.01. The largest absolute Gasteiger partial charge is 0.351 e. The average molecular weight is 337 g/mol. The second kappa shape index (κ2) is 6.26. The predicted molar refractivity (Wildman–Crippen MR) is 106 cm³/mol. The first-order valence-electron chi connectivity index (χ1n) is 9.01. The zero-order valence-electron chi connectivity index (χ0n) is 14.5. The molecule has 1 aliphatic heterocycles. The second-order valence-electron chi connectivity index (χ2n) is 6.70. The van der Waals surface area contributed by atoms with Gasteiger partial charge in [0.2, 0.25) is 0 Å². The van der Waals surface area contributed by atoms with Crippen molar-refractivity contribution in [3.8, 4) is 11.3 Å². The Morgan fingerprint density at radius 1 is 0.731 bits per heavy atom. The first-order valence-corrected chi connectivity index (χ1v) is 9.01. The molecule has 0 aliphatic carbocycles. The van der Waals surface area contributed by atoms with E-state index in [1.165, 1.54) is 21.9 Å². The molecule has 0 saturated carbocycles. The molecule has 0 bridgehead atoms. The second-order valence-corrected chi connectivity index (χ2v) is 6.70. The highest BCUT2D eigenvalue weighted by atomic mass is 15.2. The SMILES string of the molecule is c1ccc(-c2cnc(N3CCc4ccccc4C3)c3ccccc23)nc1. The molecule has 0 N–H and O–H groups in total. The van der Waals surface area contributed by atoms with E-state index < -0.39 is 0 Å². The van der Waals surface area contributed by atoms with Gasteiger partial charge in [0.25, 0.3) is 0 Å². The molecule has 0 unspecified atom stereocenters. The maximum absolute atomic E-state index is 4.87. The number of pyridine rings is 2. The molecule has 126 valence electrons. The number of aromatic nitrogens is 2. The Morgan fingerprint density at radius 3 is 2.35 bits per heavy atom. The molecule has 2 aromatic carbocycles. The average Bonchev–Trinajstić information content (AvgIpc) is 2.73. The topological polar surface area (TPSA) is 29.0 Å². The maximum Gasteiger partial charge on any atom is 0.136 e. The molecule has 0 fully saturated rings. The molecule has 0 saturated heterocycles. The Bertz CT molecular complexity index is 1070. The van der Waals surface area contributed by atoms with Crippen molar-refractivity contribution < 1.29 is 0 Å². The van der Waals surface area contributed by atoms with Crippen molar-refractivity contribution in [1.29, 1.82) is 0 Å². The van der Waals surface area contributed by atoms with Crippen LogP contribution in [0, 0.1) is 0 Å². The van der Waals surface area contributed by atoms with Gasteiger partial charge in [-0.2, -0.15) is 0 Å². The first kappa shape index (κ1) is 15.1. The van der Waals surface area contributed by atoms with Gasteiger partial charge in [0, 0.05) is 36.4 Å². The summed E-state index contributed by atoms with van der Waals surface area (Å²) in [5, 5.41) is 2.39. The normalized spacial score (nSPS) is 13.6. The molecule has 26 heavy (non-hydrogen) atoms. The predicted octanol–water partition coefficient (Wildman–Crippen LogP) is 4.86. The van der Waals surface area contributed by atoms with Crippen LogP contribution in [0.5, 0.6) is 0 Å². The molecule has 1 aliphatic rings. The van der Waals surface area contributed by atoms with E-state index in [2.05, 4.69) is 58.4 Å². The van der Waals surface area contributed by atoms with Crippen molar-refractivity contribution in [1.82, 2.24) is 9.97 Å². The molecule has 0 spiro atoms. The Balaban J connectivity index is 1.62. The van der Waals surface area contributed by atoms with Crippen LogP contribution < -0.4 is 4.90 Å². The van der Waals surface area contributed by atoms with E-state index in [-0.39, 0.29) is 0 Å². The summed E-state index contributed by atoms with van der Waals surface area (Å²) in [6, 6.07) is 23.2. The van der Waals surface area contributed by atoms with Gasteiger partial charge < -0.3 is 4.90 Å². The van der Waals surface area contributed by atoms with Gasteiger partial charge >= 0.3 is 0 Å². The highest BCUT2D eigenvalue weighted by Crippen LogP contribution is 2.34. The van der Waals surface area contributed by atoms with Crippen molar-refractivity contribution >= 4 is 16.6 Å². The van der Waals surface area contributed by atoms with Crippen LogP contribution in [-0.2, 0) is 13.0 Å². The minimum atomic E-state index is 0.913. The zero-order chi connectivity index (χ0) is 17.3. The van der Waals surface area contributed by atoms with Crippen molar-refractivity contribution in [3.63, 3.8) is 0 Å². The van der Waals surface area contributed by atoms with Gasteiger partial charge in [0.05, 0.1) is 5.69 Å². The first-order chi connectivity index (χ1) is 12.9. The fraction of sp³-hybridized carbons (Fsp3) is 0.130.